The molecular weight excluding hydrogens is 404 g/mol. The molecule has 0 aliphatic heterocycles. The van der Waals surface area contributed by atoms with Crippen molar-refractivity contribution in [1.82, 2.24) is 15.0 Å². The molecule has 1 aliphatic rings. The summed E-state index contributed by atoms with van der Waals surface area (Å²) in [5, 5.41) is 14.8. The maximum atomic E-state index is 13.0. The predicted molar refractivity (Wildman–Crippen MR) is 112 cm³/mol. The number of amides is 1. The zero-order valence-electron chi connectivity index (χ0n) is 16.7. The van der Waals surface area contributed by atoms with Crippen LogP contribution in [0.15, 0.2) is 54.9 Å². The summed E-state index contributed by atoms with van der Waals surface area (Å²) in [4.78, 5) is 24.8. The minimum Gasteiger partial charge on any atom is -0.396 e. The van der Waals surface area contributed by atoms with E-state index in [9.17, 15) is 18.7 Å². The summed E-state index contributed by atoms with van der Waals surface area (Å²) in [6, 6.07) is 12.2. The average Bonchev–Trinajstić information content (AvgIpc) is 3.43. The van der Waals surface area contributed by atoms with Gasteiger partial charge in [-0.1, -0.05) is 19.1 Å². The molecule has 0 saturated heterocycles. The SMILES string of the molecule is CC(CO)c1ccc(Nc2nccc(-c3ccc(NC(=O)[C@@H]4CC4(F)F)cc3)n2)cn1. The number of hydrogen-bond donors (Lipinski definition) is 3. The Morgan fingerprint density at radius 3 is 2.48 bits per heavy atom. The highest BCUT2D eigenvalue weighted by Crippen LogP contribution is 2.49. The number of aliphatic hydroxyl groups is 1. The third-order valence-electron chi connectivity index (χ3n) is 5.07. The first-order valence-corrected chi connectivity index (χ1v) is 9.82. The minimum absolute atomic E-state index is 0.0282. The van der Waals surface area contributed by atoms with Crippen molar-refractivity contribution in [3.05, 3.63) is 60.6 Å². The molecule has 1 fully saturated rings. The molecule has 4 rings (SSSR count). The maximum absolute atomic E-state index is 13.0. The molecule has 3 N–H and O–H groups in total. The van der Waals surface area contributed by atoms with Gasteiger partial charge in [-0.2, -0.15) is 0 Å². The molecule has 0 bridgehead atoms. The molecule has 2 heterocycles. The van der Waals surface area contributed by atoms with Crippen LogP contribution >= 0.6 is 0 Å². The molecule has 1 amide bonds. The summed E-state index contributed by atoms with van der Waals surface area (Å²) in [7, 11) is 0. The van der Waals surface area contributed by atoms with Gasteiger partial charge in [0.25, 0.3) is 5.92 Å². The Kier molecular flexibility index (Phi) is 5.60. The average molecular weight is 425 g/mol. The summed E-state index contributed by atoms with van der Waals surface area (Å²) in [6.07, 6.45) is 2.87. The molecule has 0 radical (unpaired) electrons. The molecule has 1 aromatic carbocycles. The number of hydrogen-bond acceptors (Lipinski definition) is 6. The van der Waals surface area contributed by atoms with E-state index in [2.05, 4.69) is 25.6 Å². The normalized spacial score (nSPS) is 17.6. The lowest BCUT2D eigenvalue weighted by Crippen LogP contribution is -2.17. The predicted octanol–water partition coefficient (Wildman–Crippen LogP) is 3.97. The van der Waals surface area contributed by atoms with E-state index in [0.717, 1.165) is 11.3 Å². The number of anilines is 3. The number of halogens is 2. The fourth-order valence-corrected chi connectivity index (χ4v) is 3.02. The summed E-state index contributed by atoms with van der Waals surface area (Å²) >= 11 is 0. The lowest BCUT2D eigenvalue weighted by atomic mass is 10.1. The first kappa shape index (κ1) is 20.8. The molecule has 7 nitrogen and oxygen atoms in total. The van der Waals surface area contributed by atoms with Gasteiger partial charge in [0.05, 0.1) is 24.2 Å². The van der Waals surface area contributed by atoms with Gasteiger partial charge >= 0.3 is 0 Å². The van der Waals surface area contributed by atoms with E-state index in [-0.39, 0.29) is 12.5 Å². The topological polar surface area (TPSA) is 100 Å². The molecule has 1 unspecified atom stereocenters. The standard InChI is InChI=1S/C22H21F2N5O2/c1-13(12-30)18-7-6-16(11-26-18)28-21-25-9-8-19(29-21)14-2-4-15(5-3-14)27-20(31)17-10-22(17,23)24/h2-9,11,13,17,30H,10,12H2,1H3,(H,27,31)(H,25,28,29)/t13?,17-/m0/s1. The number of pyridine rings is 1. The molecule has 160 valence electrons. The molecule has 2 atom stereocenters. The Morgan fingerprint density at radius 1 is 1.16 bits per heavy atom. The summed E-state index contributed by atoms with van der Waals surface area (Å²) < 4.78 is 26.0. The van der Waals surface area contributed by atoms with Crippen LogP contribution in [0.4, 0.5) is 26.1 Å². The van der Waals surface area contributed by atoms with E-state index in [4.69, 9.17) is 0 Å². The number of aliphatic hydroxyl groups excluding tert-OH is 1. The molecule has 31 heavy (non-hydrogen) atoms. The van der Waals surface area contributed by atoms with E-state index in [1.54, 1.807) is 42.7 Å². The lowest BCUT2D eigenvalue weighted by Gasteiger charge is -2.10. The summed E-state index contributed by atoms with van der Waals surface area (Å²) in [5.74, 6) is -4.45. The van der Waals surface area contributed by atoms with Crippen molar-refractivity contribution in [3.63, 3.8) is 0 Å². The van der Waals surface area contributed by atoms with Crippen LogP contribution in [0.3, 0.4) is 0 Å². The number of aromatic nitrogens is 3. The Labute approximate surface area is 177 Å². The summed E-state index contributed by atoms with van der Waals surface area (Å²) in [5.41, 5.74) is 3.39. The van der Waals surface area contributed by atoms with Gasteiger partial charge in [0.15, 0.2) is 0 Å². The molecule has 3 aromatic rings. The van der Waals surface area contributed by atoms with Crippen LogP contribution in [0.25, 0.3) is 11.3 Å². The first-order valence-electron chi connectivity index (χ1n) is 9.82. The van der Waals surface area contributed by atoms with E-state index in [1.807, 2.05) is 19.1 Å². The van der Waals surface area contributed by atoms with Gasteiger partial charge in [0.1, 0.15) is 5.92 Å². The summed E-state index contributed by atoms with van der Waals surface area (Å²) in [6.45, 7) is 1.92. The highest BCUT2D eigenvalue weighted by molar-refractivity contribution is 5.95. The Morgan fingerprint density at radius 2 is 1.87 bits per heavy atom. The monoisotopic (exact) mass is 425 g/mol. The largest absolute Gasteiger partial charge is 0.396 e. The van der Waals surface area contributed by atoms with Crippen molar-refractivity contribution in [1.29, 1.82) is 0 Å². The smallest absolute Gasteiger partial charge is 0.260 e. The second-order valence-corrected chi connectivity index (χ2v) is 7.53. The Balaban J connectivity index is 1.42. The number of rotatable bonds is 7. The van der Waals surface area contributed by atoms with Crippen LogP contribution in [-0.2, 0) is 4.79 Å². The van der Waals surface area contributed by atoms with Crippen LogP contribution in [0.5, 0.6) is 0 Å². The van der Waals surface area contributed by atoms with Crippen LogP contribution in [0, 0.1) is 5.92 Å². The second kappa shape index (κ2) is 8.35. The van der Waals surface area contributed by atoms with Crippen molar-refractivity contribution in [2.45, 2.75) is 25.2 Å². The highest BCUT2D eigenvalue weighted by Gasteiger charge is 2.61. The van der Waals surface area contributed by atoms with Crippen molar-refractivity contribution >= 4 is 23.2 Å². The number of carbonyl (C=O) groups excluding carboxylic acids is 1. The number of benzene rings is 1. The van der Waals surface area contributed by atoms with Crippen LogP contribution in [-0.4, -0.2) is 38.5 Å². The molecule has 1 saturated carbocycles. The zero-order chi connectivity index (χ0) is 22.0. The lowest BCUT2D eigenvalue weighted by molar-refractivity contribution is -0.119. The van der Waals surface area contributed by atoms with Gasteiger partial charge < -0.3 is 15.7 Å². The van der Waals surface area contributed by atoms with Crippen molar-refractivity contribution in [2.24, 2.45) is 5.92 Å². The third-order valence-corrected chi connectivity index (χ3v) is 5.07. The fourth-order valence-electron chi connectivity index (χ4n) is 3.02. The number of nitrogens with one attached hydrogen (secondary N) is 2. The van der Waals surface area contributed by atoms with Gasteiger partial charge in [-0.15, -0.1) is 0 Å². The number of nitrogens with zero attached hydrogens (tertiary/aromatic N) is 3. The first-order chi connectivity index (χ1) is 14.9. The van der Waals surface area contributed by atoms with Crippen molar-refractivity contribution in [3.8, 4) is 11.3 Å². The Hall–Kier alpha value is -3.46. The van der Waals surface area contributed by atoms with Crippen molar-refractivity contribution in [2.75, 3.05) is 17.2 Å². The Bertz CT molecular complexity index is 1070. The minimum atomic E-state index is -2.89. The molecule has 0 spiro atoms. The van der Waals surface area contributed by atoms with Crippen molar-refractivity contribution < 1.29 is 18.7 Å². The van der Waals surface area contributed by atoms with E-state index >= 15 is 0 Å². The highest BCUT2D eigenvalue weighted by atomic mass is 19.3. The quantitative estimate of drug-likeness (QED) is 0.530. The van der Waals surface area contributed by atoms with Gasteiger partial charge in [-0.05, 0) is 30.3 Å². The third kappa shape index (κ3) is 4.83. The van der Waals surface area contributed by atoms with Gasteiger partial charge in [0, 0.05) is 35.5 Å². The second-order valence-electron chi connectivity index (χ2n) is 7.53. The maximum Gasteiger partial charge on any atom is 0.260 e. The van der Waals surface area contributed by atoms with Gasteiger partial charge in [0.2, 0.25) is 11.9 Å². The van der Waals surface area contributed by atoms with E-state index in [1.165, 1.54) is 0 Å². The number of carbonyl (C=O) groups is 1. The fraction of sp³-hybridized carbons (Fsp3) is 0.273. The molecule has 1 aliphatic carbocycles. The molecule has 9 heteroatoms. The van der Waals surface area contributed by atoms with E-state index in [0.29, 0.717) is 23.0 Å². The van der Waals surface area contributed by atoms with Crippen LogP contribution < -0.4 is 10.6 Å². The van der Waals surface area contributed by atoms with Crippen LogP contribution in [0.1, 0.15) is 25.0 Å². The molecule has 2 aromatic heterocycles. The van der Waals surface area contributed by atoms with Gasteiger partial charge in [-0.3, -0.25) is 9.78 Å². The zero-order valence-corrected chi connectivity index (χ0v) is 16.7. The van der Waals surface area contributed by atoms with Crippen LogP contribution in [0.2, 0.25) is 0 Å². The number of alkyl halides is 2. The molecular formula is C22H21F2N5O2. The van der Waals surface area contributed by atoms with Gasteiger partial charge in [-0.25, -0.2) is 18.7 Å². The van der Waals surface area contributed by atoms with E-state index < -0.39 is 24.2 Å².